The SMILES string of the molecule is Cc1ccc(F)cc1CS(=O)(=O)c1ccc(NC(=O)NCc2cccnc2)cc1. The van der Waals surface area contributed by atoms with Gasteiger partial charge in [-0.3, -0.25) is 4.98 Å². The van der Waals surface area contributed by atoms with Crippen molar-refractivity contribution in [2.45, 2.75) is 24.1 Å². The first kappa shape index (κ1) is 20.5. The molecule has 0 radical (unpaired) electrons. The molecular weight excluding hydrogens is 393 g/mol. The number of pyridine rings is 1. The predicted octanol–water partition coefficient (Wildman–Crippen LogP) is 3.82. The van der Waals surface area contributed by atoms with Crippen LogP contribution in [0.25, 0.3) is 0 Å². The van der Waals surface area contributed by atoms with E-state index in [0.29, 0.717) is 23.4 Å². The highest BCUT2D eigenvalue weighted by Gasteiger charge is 2.17. The highest BCUT2D eigenvalue weighted by atomic mass is 32.2. The summed E-state index contributed by atoms with van der Waals surface area (Å²) in [6.45, 7) is 2.06. The molecule has 0 spiro atoms. The van der Waals surface area contributed by atoms with Gasteiger partial charge in [0.1, 0.15) is 5.82 Å². The molecule has 3 aromatic rings. The van der Waals surface area contributed by atoms with Gasteiger partial charge in [0.2, 0.25) is 0 Å². The number of hydrogen-bond donors (Lipinski definition) is 2. The van der Waals surface area contributed by atoms with Crippen LogP contribution in [0.1, 0.15) is 16.7 Å². The fraction of sp³-hybridized carbons (Fsp3) is 0.143. The van der Waals surface area contributed by atoms with Crippen molar-refractivity contribution in [3.05, 3.63) is 89.5 Å². The molecule has 3 rings (SSSR count). The van der Waals surface area contributed by atoms with E-state index in [1.807, 2.05) is 6.07 Å². The van der Waals surface area contributed by atoms with Gasteiger partial charge >= 0.3 is 6.03 Å². The smallest absolute Gasteiger partial charge is 0.319 e. The molecule has 2 amide bonds. The molecule has 2 N–H and O–H groups in total. The predicted molar refractivity (Wildman–Crippen MR) is 109 cm³/mol. The summed E-state index contributed by atoms with van der Waals surface area (Å²) < 4.78 is 38.7. The van der Waals surface area contributed by atoms with Crippen molar-refractivity contribution in [3.63, 3.8) is 0 Å². The first-order valence-corrected chi connectivity index (χ1v) is 10.5. The summed E-state index contributed by atoms with van der Waals surface area (Å²) >= 11 is 0. The Bertz CT molecular complexity index is 1100. The lowest BCUT2D eigenvalue weighted by atomic mass is 10.1. The van der Waals surface area contributed by atoms with Crippen molar-refractivity contribution < 1.29 is 17.6 Å². The molecule has 6 nitrogen and oxygen atoms in total. The van der Waals surface area contributed by atoms with Gasteiger partial charge in [-0.15, -0.1) is 0 Å². The number of hydrogen-bond acceptors (Lipinski definition) is 4. The number of aromatic nitrogens is 1. The minimum atomic E-state index is -3.65. The molecule has 1 heterocycles. The van der Waals surface area contributed by atoms with Crippen molar-refractivity contribution in [3.8, 4) is 0 Å². The zero-order valence-electron chi connectivity index (χ0n) is 15.7. The quantitative estimate of drug-likeness (QED) is 0.643. The molecule has 0 aliphatic carbocycles. The summed E-state index contributed by atoms with van der Waals surface area (Å²) in [7, 11) is -3.65. The van der Waals surface area contributed by atoms with Crippen LogP contribution in [-0.4, -0.2) is 19.4 Å². The second kappa shape index (κ2) is 8.83. The molecule has 150 valence electrons. The van der Waals surface area contributed by atoms with Crippen LogP contribution in [0, 0.1) is 12.7 Å². The van der Waals surface area contributed by atoms with Gasteiger partial charge in [-0.05, 0) is 66.1 Å². The summed E-state index contributed by atoms with van der Waals surface area (Å²) in [4.78, 5) is 16.1. The molecule has 2 aromatic carbocycles. The van der Waals surface area contributed by atoms with E-state index in [2.05, 4.69) is 15.6 Å². The van der Waals surface area contributed by atoms with Crippen molar-refractivity contribution in [1.29, 1.82) is 0 Å². The number of carbonyl (C=O) groups excluding carboxylic acids is 1. The number of benzene rings is 2. The fourth-order valence-corrected chi connectivity index (χ4v) is 4.13. The Morgan fingerprint density at radius 1 is 1.10 bits per heavy atom. The van der Waals surface area contributed by atoms with E-state index in [4.69, 9.17) is 0 Å². The van der Waals surface area contributed by atoms with Crippen LogP contribution in [-0.2, 0) is 22.1 Å². The molecule has 1 aromatic heterocycles. The zero-order valence-corrected chi connectivity index (χ0v) is 16.5. The summed E-state index contributed by atoms with van der Waals surface area (Å²) in [5.74, 6) is -0.771. The molecule has 0 unspecified atom stereocenters. The Morgan fingerprint density at radius 3 is 2.55 bits per heavy atom. The number of anilines is 1. The molecule has 0 saturated carbocycles. The van der Waals surface area contributed by atoms with Gasteiger partial charge in [0.25, 0.3) is 0 Å². The number of carbonyl (C=O) groups is 1. The second-order valence-electron chi connectivity index (χ2n) is 6.52. The normalized spacial score (nSPS) is 11.1. The van der Waals surface area contributed by atoms with Crippen molar-refractivity contribution in [2.75, 3.05) is 5.32 Å². The van der Waals surface area contributed by atoms with Crippen molar-refractivity contribution >= 4 is 21.6 Å². The monoisotopic (exact) mass is 413 g/mol. The Morgan fingerprint density at radius 2 is 1.86 bits per heavy atom. The Balaban J connectivity index is 1.63. The average Bonchev–Trinajstić information content (AvgIpc) is 2.70. The molecule has 0 bridgehead atoms. The van der Waals surface area contributed by atoms with Gasteiger partial charge in [-0.25, -0.2) is 17.6 Å². The van der Waals surface area contributed by atoms with Crippen LogP contribution in [0.4, 0.5) is 14.9 Å². The highest BCUT2D eigenvalue weighted by Crippen LogP contribution is 2.21. The molecule has 8 heteroatoms. The van der Waals surface area contributed by atoms with E-state index in [1.165, 1.54) is 36.4 Å². The molecule has 0 aliphatic heterocycles. The minimum Gasteiger partial charge on any atom is -0.334 e. The van der Waals surface area contributed by atoms with E-state index in [9.17, 15) is 17.6 Å². The lowest BCUT2D eigenvalue weighted by molar-refractivity contribution is 0.251. The molecule has 0 atom stereocenters. The maximum absolute atomic E-state index is 13.4. The van der Waals surface area contributed by atoms with Crippen LogP contribution in [0.15, 0.2) is 71.9 Å². The zero-order chi connectivity index (χ0) is 20.9. The van der Waals surface area contributed by atoms with Gasteiger partial charge in [0, 0.05) is 24.6 Å². The highest BCUT2D eigenvalue weighted by molar-refractivity contribution is 7.90. The van der Waals surface area contributed by atoms with Gasteiger partial charge in [0.05, 0.1) is 10.6 Å². The van der Waals surface area contributed by atoms with Crippen LogP contribution >= 0.6 is 0 Å². The van der Waals surface area contributed by atoms with E-state index >= 15 is 0 Å². The molecule has 0 aliphatic rings. The lowest BCUT2D eigenvalue weighted by Crippen LogP contribution is -2.28. The van der Waals surface area contributed by atoms with Gasteiger partial charge in [-0.2, -0.15) is 0 Å². The average molecular weight is 413 g/mol. The van der Waals surface area contributed by atoms with Gasteiger partial charge in [-0.1, -0.05) is 12.1 Å². The number of sulfone groups is 1. The number of halogens is 1. The summed E-state index contributed by atoms with van der Waals surface area (Å²) in [6, 6.07) is 13.1. The number of amides is 2. The van der Waals surface area contributed by atoms with E-state index in [0.717, 1.165) is 5.56 Å². The maximum Gasteiger partial charge on any atom is 0.319 e. The number of rotatable bonds is 6. The standard InChI is InChI=1S/C21H20FN3O3S/c1-15-4-5-18(22)11-17(15)14-29(27,28)20-8-6-19(7-9-20)25-21(26)24-13-16-3-2-10-23-12-16/h2-12H,13-14H2,1H3,(H2,24,25,26). The number of nitrogens with one attached hydrogen (secondary N) is 2. The number of urea groups is 1. The molecule has 29 heavy (non-hydrogen) atoms. The van der Waals surface area contributed by atoms with Crippen molar-refractivity contribution in [2.24, 2.45) is 0 Å². The third kappa shape index (κ3) is 5.61. The van der Waals surface area contributed by atoms with E-state index in [1.54, 1.807) is 31.5 Å². The first-order valence-electron chi connectivity index (χ1n) is 8.85. The number of nitrogens with zero attached hydrogens (tertiary/aromatic N) is 1. The van der Waals surface area contributed by atoms with Crippen molar-refractivity contribution in [1.82, 2.24) is 10.3 Å². The maximum atomic E-state index is 13.4. The Hall–Kier alpha value is -3.26. The number of aryl methyl sites for hydroxylation is 1. The Kier molecular flexibility index (Phi) is 6.23. The van der Waals surface area contributed by atoms with Crippen LogP contribution < -0.4 is 10.6 Å². The third-order valence-electron chi connectivity index (χ3n) is 4.30. The molecule has 0 saturated heterocycles. The summed E-state index contributed by atoms with van der Waals surface area (Å²) in [6.07, 6.45) is 3.30. The molecular formula is C21H20FN3O3S. The Labute approximate surface area is 168 Å². The van der Waals surface area contributed by atoms with E-state index < -0.39 is 21.7 Å². The topological polar surface area (TPSA) is 88.2 Å². The lowest BCUT2D eigenvalue weighted by Gasteiger charge is -2.10. The fourth-order valence-electron chi connectivity index (χ4n) is 2.69. The van der Waals surface area contributed by atoms with Crippen LogP contribution in [0.3, 0.4) is 0 Å². The second-order valence-corrected chi connectivity index (χ2v) is 8.51. The third-order valence-corrected chi connectivity index (χ3v) is 5.99. The van der Waals surface area contributed by atoms with Gasteiger partial charge in [0.15, 0.2) is 9.84 Å². The summed E-state index contributed by atoms with van der Waals surface area (Å²) in [5, 5.41) is 5.33. The van der Waals surface area contributed by atoms with E-state index in [-0.39, 0.29) is 10.6 Å². The van der Waals surface area contributed by atoms with Gasteiger partial charge < -0.3 is 10.6 Å². The first-order chi connectivity index (χ1) is 13.8. The largest absolute Gasteiger partial charge is 0.334 e. The molecule has 0 fully saturated rings. The summed E-state index contributed by atoms with van der Waals surface area (Å²) in [5.41, 5.74) is 2.44. The van der Waals surface area contributed by atoms with Crippen LogP contribution in [0.2, 0.25) is 0 Å². The van der Waals surface area contributed by atoms with Crippen LogP contribution in [0.5, 0.6) is 0 Å². The minimum absolute atomic E-state index is 0.0995.